The first-order chi connectivity index (χ1) is 9.15. The van der Waals surface area contributed by atoms with E-state index in [2.05, 4.69) is 39.1 Å². The molecular formula is C15H23BrN2O. The van der Waals surface area contributed by atoms with Crippen LogP contribution in [0.25, 0.3) is 0 Å². The van der Waals surface area contributed by atoms with Gasteiger partial charge >= 0.3 is 0 Å². The molecule has 2 N–H and O–H groups in total. The van der Waals surface area contributed by atoms with Gasteiger partial charge in [0.2, 0.25) is 0 Å². The second-order valence-corrected chi connectivity index (χ2v) is 6.25. The van der Waals surface area contributed by atoms with Crippen LogP contribution in [0.4, 0.5) is 0 Å². The van der Waals surface area contributed by atoms with E-state index in [1.165, 1.54) is 6.42 Å². The SMILES string of the molecule is CCC(c1cc(Br)ccc1O)N1CCC(CNC)C1. The number of hydrogen-bond donors (Lipinski definition) is 2. The van der Waals surface area contributed by atoms with Crippen molar-refractivity contribution in [1.29, 1.82) is 0 Å². The van der Waals surface area contributed by atoms with Crippen LogP contribution in [0.5, 0.6) is 5.75 Å². The van der Waals surface area contributed by atoms with Crippen LogP contribution in [0.2, 0.25) is 0 Å². The van der Waals surface area contributed by atoms with Gasteiger partial charge in [-0.1, -0.05) is 22.9 Å². The van der Waals surface area contributed by atoms with Gasteiger partial charge in [0.15, 0.2) is 0 Å². The fourth-order valence-electron chi connectivity index (χ4n) is 3.07. The summed E-state index contributed by atoms with van der Waals surface area (Å²) in [6.45, 7) is 5.51. The van der Waals surface area contributed by atoms with Gasteiger partial charge in [0.05, 0.1) is 0 Å². The van der Waals surface area contributed by atoms with Crippen LogP contribution in [-0.4, -0.2) is 36.7 Å². The molecule has 1 heterocycles. The number of aromatic hydroxyl groups is 1. The standard InChI is InChI=1S/C15H23BrN2O/c1-3-14(13-8-12(16)4-5-15(13)19)18-7-6-11(10-18)9-17-2/h4-5,8,11,14,17,19H,3,6-7,9-10H2,1-2H3. The molecule has 0 radical (unpaired) electrons. The third-order valence-corrected chi connectivity index (χ3v) is 4.48. The second kappa shape index (κ2) is 6.73. The second-order valence-electron chi connectivity index (χ2n) is 5.33. The molecule has 2 unspecified atom stereocenters. The Balaban J connectivity index is 2.14. The molecule has 1 fully saturated rings. The lowest BCUT2D eigenvalue weighted by Crippen LogP contribution is -2.28. The van der Waals surface area contributed by atoms with E-state index in [1.807, 2.05) is 13.1 Å². The van der Waals surface area contributed by atoms with Crippen molar-refractivity contribution >= 4 is 15.9 Å². The van der Waals surface area contributed by atoms with Crippen LogP contribution >= 0.6 is 15.9 Å². The third-order valence-electron chi connectivity index (χ3n) is 3.99. The molecule has 0 bridgehead atoms. The number of hydrogen-bond acceptors (Lipinski definition) is 3. The number of likely N-dealkylation sites (tertiary alicyclic amines) is 1. The maximum atomic E-state index is 10.1. The van der Waals surface area contributed by atoms with Crippen molar-refractivity contribution in [3.63, 3.8) is 0 Å². The van der Waals surface area contributed by atoms with Crippen LogP contribution in [0.3, 0.4) is 0 Å². The molecule has 0 amide bonds. The molecule has 106 valence electrons. The van der Waals surface area contributed by atoms with Crippen molar-refractivity contribution in [3.8, 4) is 5.75 Å². The number of halogens is 1. The highest BCUT2D eigenvalue weighted by molar-refractivity contribution is 9.10. The molecule has 0 spiro atoms. The molecule has 3 nitrogen and oxygen atoms in total. The first-order valence-electron chi connectivity index (χ1n) is 7.02. The molecular weight excluding hydrogens is 304 g/mol. The van der Waals surface area contributed by atoms with Crippen molar-refractivity contribution < 1.29 is 5.11 Å². The van der Waals surface area contributed by atoms with Crippen molar-refractivity contribution in [3.05, 3.63) is 28.2 Å². The highest BCUT2D eigenvalue weighted by Gasteiger charge is 2.29. The van der Waals surface area contributed by atoms with E-state index >= 15 is 0 Å². The zero-order valence-corrected chi connectivity index (χ0v) is 13.3. The zero-order valence-electron chi connectivity index (χ0n) is 11.7. The van der Waals surface area contributed by atoms with Crippen LogP contribution in [0, 0.1) is 5.92 Å². The van der Waals surface area contributed by atoms with Gasteiger partial charge in [-0.3, -0.25) is 4.90 Å². The maximum absolute atomic E-state index is 10.1. The summed E-state index contributed by atoms with van der Waals surface area (Å²) < 4.78 is 1.03. The lowest BCUT2D eigenvalue weighted by Gasteiger charge is -2.28. The van der Waals surface area contributed by atoms with Gasteiger partial charge in [0.1, 0.15) is 5.75 Å². The zero-order chi connectivity index (χ0) is 13.8. The number of phenols is 1. The molecule has 1 saturated heterocycles. The van der Waals surface area contributed by atoms with Gasteiger partial charge in [0.25, 0.3) is 0 Å². The van der Waals surface area contributed by atoms with Gasteiger partial charge in [-0.15, -0.1) is 0 Å². The average Bonchev–Trinajstić information content (AvgIpc) is 2.83. The van der Waals surface area contributed by atoms with Crippen LogP contribution in [0.1, 0.15) is 31.4 Å². The lowest BCUT2D eigenvalue weighted by atomic mass is 10.0. The van der Waals surface area contributed by atoms with E-state index in [-0.39, 0.29) is 0 Å². The lowest BCUT2D eigenvalue weighted by molar-refractivity contribution is 0.225. The fraction of sp³-hybridized carbons (Fsp3) is 0.600. The van der Waals surface area contributed by atoms with E-state index in [9.17, 15) is 5.11 Å². The molecule has 1 aliphatic rings. The minimum atomic E-state index is 0.319. The molecule has 1 aliphatic heterocycles. The van der Waals surface area contributed by atoms with Crippen LogP contribution in [-0.2, 0) is 0 Å². The van der Waals surface area contributed by atoms with Crippen molar-refractivity contribution in [2.24, 2.45) is 5.92 Å². The average molecular weight is 327 g/mol. The highest BCUT2D eigenvalue weighted by atomic mass is 79.9. The van der Waals surface area contributed by atoms with Gasteiger partial charge in [0, 0.05) is 22.6 Å². The predicted molar refractivity (Wildman–Crippen MR) is 82.4 cm³/mol. The van der Waals surface area contributed by atoms with Crippen molar-refractivity contribution in [1.82, 2.24) is 10.2 Å². The Labute approximate surface area is 124 Å². The summed E-state index contributed by atoms with van der Waals surface area (Å²) >= 11 is 3.50. The summed E-state index contributed by atoms with van der Waals surface area (Å²) in [7, 11) is 2.01. The number of benzene rings is 1. The molecule has 4 heteroatoms. The number of nitrogens with zero attached hydrogens (tertiary/aromatic N) is 1. The Morgan fingerprint density at radius 3 is 3.00 bits per heavy atom. The Kier molecular flexibility index (Phi) is 5.25. The largest absolute Gasteiger partial charge is 0.508 e. The van der Waals surface area contributed by atoms with E-state index in [0.29, 0.717) is 11.8 Å². The maximum Gasteiger partial charge on any atom is 0.120 e. The van der Waals surface area contributed by atoms with E-state index < -0.39 is 0 Å². The molecule has 2 atom stereocenters. The molecule has 1 aromatic rings. The van der Waals surface area contributed by atoms with Crippen LogP contribution in [0.15, 0.2) is 22.7 Å². The first-order valence-corrected chi connectivity index (χ1v) is 7.82. The quantitative estimate of drug-likeness (QED) is 0.872. The number of phenolic OH excluding ortho intramolecular Hbond substituents is 1. The van der Waals surface area contributed by atoms with E-state index in [1.54, 1.807) is 6.07 Å². The van der Waals surface area contributed by atoms with Crippen LogP contribution < -0.4 is 5.32 Å². The van der Waals surface area contributed by atoms with E-state index in [0.717, 1.165) is 42.0 Å². The fourth-order valence-corrected chi connectivity index (χ4v) is 3.45. The predicted octanol–water partition coefficient (Wildman–Crippen LogP) is 3.15. The first kappa shape index (κ1) is 14.8. The van der Waals surface area contributed by atoms with Gasteiger partial charge < -0.3 is 10.4 Å². The highest BCUT2D eigenvalue weighted by Crippen LogP contribution is 2.35. The Hall–Kier alpha value is -0.580. The topological polar surface area (TPSA) is 35.5 Å². The molecule has 0 saturated carbocycles. The van der Waals surface area contributed by atoms with Crippen molar-refractivity contribution in [2.75, 3.05) is 26.7 Å². The minimum absolute atomic E-state index is 0.319. The molecule has 0 aliphatic carbocycles. The summed E-state index contributed by atoms with van der Waals surface area (Å²) in [4.78, 5) is 2.50. The summed E-state index contributed by atoms with van der Waals surface area (Å²) in [5, 5.41) is 13.4. The van der Waals surface area contributed by atoms with Gasteiger partial charge in [-0.05, 0) is 57.1 Å². The van der Waals surface area contributed by atoms with Gasteiger partial charge in [-0.25, -0.2) is 0 Å². The minimum Gasteiger partial charge on any atom is -0.508 e. The Bertz CT molecular complexity index is 425. The summed E-state index contributed by atoms with van der Waals surface area (Å²) in [5.74, 6) is 1.14. The Morgan fingerprint density at radius 2 is 2.32 bits per heavy atom. The third kappa shape index (κ3) is 3.50. The molecule has 0 aromatic heterocycles. The molecule has 2 rings (SSSR count). The summed E-state index contributed by atoms with van der Waals surface area (Å²) in [6, 6.07) is 6.04. The van der Waals surface area contributed by atoms with Gasteiger partial charge in [-0.2, -0.15) is 0 Å². The number of nitrogens with one attached hydrogen (secondary N) is 1. The summed E-state index contributed by atoms with van der Waals surface area (Å²) in [6.07, 6.45) is 2.27. The molecule has 1 aromatic carbocycles. The van der Waals surface area contributed by atoms with E-state index in [4.69, 9.17) is 0 Å². The summed E-state index contributed by atoms with van der Waals surface area (Å²) in [5.41, 5.74) is 1.04. The smallest absolute Gasteiger partial charge is 0.120 e. The Morgan fingerprint density at radius 1 is 1.53 bits per heavy atom. The monoisotopic (exact) mass is 326 g/mol. The molecule has 19 heavy (non-hydrogen) atoms. The normalized spacial score (nSPS) is 21.7. The number of rotatable bonds is 5. The van der Waals surface area contributed by atoms with Crippen molar-refractivity contribution in [2.45, 2.75) is 25.8 Å².